The molecule has 0 aliphatic carbocycles. The molecule has 0 saturated heterocycles. The van der Waals surface area contributed by atoms with Gasteiger partial charge in [0, 0.05) is 6.61 Å². The summed E-state index contributed by atoms with van der Waals surface area (Å²) in [5.74, 6) is 1.48. The third kappa shape index (κ3) is 2.64. The minimum absolute atomic E-state index is 0.608. The van der Waals surface area contributed by atoms with Crippen molar-refractivity contribution < 1.29 is 14.2 Å². The molecule has 3 heteroatoms. The molecule has 0 amide bonds. The second-order valence-electron chi connectivity index (χ2n) is 2.83. The Morgan fingerprint density at radius 3 is 2.36 bits per heavy atom. The molecule has 1 aromatic carbocycles. The van der Waals surface area contributed by atoms with E-state index in [0.29, 0.717) is 13.2 Å². The lowest BCUT2D eigenvalue weighted by Crippen LogP contribution is -1.95. The van der Waals surface area contributed by atoms with Crippen molar-refractivity contribution in [1.82, 2.24) is 0 Å². The Kier molecular flexibility index (Phi) is 4.26. The first kappa shape index (κ1) is 10.9. The third-order valence-corrected chi connectivity index (χ3v) is 1.92. The van der Waals surface area contributed by atoms with Crippen molar-refractivity contribution in [3.05, 3.63) is 23.8 Å². The minimum Gasteiger partial charge on any atom is -0.493 e. The van der Waals surface area contributed by atoms with Crippen molar-refractivity contribution in [2.75, 3.05) is 20.8 Å². The monoisotopic (exact) mass is 196 g/mol. The van der Waals surface area contributed by atoms with Gasteiger partial charge in [0.25, 0.3) is 0 Å². The summed E-state index contributed by atoms with van der Waals surface area (Å²) in [7, 11) is 3.25. The zero-order chi connectivity index (χ0) is 10.4. The number of benzene rings is 1. The predicted molar refractivity (Wildman–Crippen MR) is 54.9 cm³/mol. The molecule has 0 radical (unpaired) electrons. The van der Waals surface area contributed by atoms with E-state index in [2.05, 4.69) is 0 Å². The lowest BCUT2D eigenvalue weighted by Gasteiger charge is -2.09. The molecule has 0 fully saturated rings. The fourth-order valence-electron chi connectivity index (χ4n) is 1.19. The topological polar surface area (TPSA) is 27.7 Å². The van der Waals surface area contributed by atoms with Crippen LogP contribution < -0.4 is 9.47 Å². The highest BCUT2D eigenvalue weighted by atomic mass is 16.5. The second-order valence-corrected chi connectivity index (χ2v) is 2.83. The van der Waals surface area contributed by atoms with Crippen LogP contribution in [-0.4, -0.2) is 20.8 Å². The molecule has 14 heavy (non-hydrogen) atoms. The van der Waals surface area contributed by atoms with Crippen LogP contribution >= 0.6 is 0 Å². The summed E-state index contributed by atoms with van der Waals surface area (Å²) >= 11 is 0. The normalized spacial score (nSPS) is 9.93. The number of hydrogen-bond donors (Lipinski definition) is 0. The maximum absolute atomic E-state index is 5.30. The lowest BCUT2D eigenvalue weighted by molar-refractivity contribution is 0.134. The smallest absolute Gasteiger partial charge is 0.161 e. The van der Waals surface area contributed by atoms with E-state index in [0.717, 1.165) is 17.1 Å². The van der Waals surface area contributed by atoms with E-state index in [9.17, 15) is 0 Å². The third-order valence-electron chi connectivity index (χ3n) is 1.92. The van der Waals surface area contributed by atoms with E-state index in [1.54, 1.807) is 14.2 Å². The maximum Gasteiger partial charge on any atom is 0.161 e. The molecular weight excluding hydrogens is 180 g/mol. The van der Waals surface area contributed by atoms with Gasteiger partial charge in [0.2, 0.25) is 0 Å². The first-order chi connectivity index (χ1) is 6.81. The zero-order valence-electron chi connectivity index (χ0n) is 8.87. The van der Waals surface area contributed by atoms with Crippen LogP contribution in [0.5, 0.6) is 11.5 Å². The molecule has 1 rings (SSSR count). The van der Waals surface area contributed by atoms with Gasteiger partial charge in [-0.1, -0.05) is 6.07 Å². The van der Waals surface area contributed by atoms with E-state index >= 15 is 0 Å². The van der Waals surface area contributed by atoms with Crippen LogP contribution in [0, 0.1) is 0 Å². The van der Waals surface area contributed by atoms with Crippen LogP contribution in [0.2, 0.25) is 0 Å². The molecule has 0 heterocycles. The van der Waals surface area contributed by atoms with Crippen LogP contribution in [0.25, 0.3) is 0 Å². The van der Waals surface area contributed by atoms with Crippen LogP contribution in [0.15, 0.2) is 18.2 Å². The van der Waals surface area contributed by atoms with Gasteiger partial charge in [-0.15, -0.1) is 0 Å². The van der Waals surface area contributed by atoms with Crippen molar-refractivity contribution in [2.45, 2.75) is 13.5 Å². The molecule has 0 bridgehead atoms. The first-order valence-corrected chi connectivity index (χ1v) is 4.60. The van der Waals surface area contributed by atoms with E-state index in [1.165, 1.54) is 0 Å². The Hall–Kier alpha value is -1.22. The summed E-state index contributed by atoms with van der Waals surface area (Å²) in [6, 6.07) is 5.78. The van der Waals surface area contributed by atoms with Crippen molar-refractivity contribution in [3.8, 4) is 11.5 Å². The van der Waals surface area contributed by atoms with Gasteiger partial charge in [-0.3, -0.25) is 0 Å². The lowest BCUT2D eigenvalue weighted by atomic mass is 10.2. The largest absolute Gasteiger partial charge is 0.493 e. The molecule has 0 spiro atoms. The summed E-state index contributed by atoms with van der Waals surface area (Å²) in [5, 5.41) is 0. The molecule has 0 aliphatic heterocycles. The molecule has 1 aromatic rings. The van der Waals surface area contributed by atoms with E-state index in [-0.39, 0.29) is 0 Å². The van der Waals surface area contributed by atoms with E-state index in [4.69, 9.17) is 14.2 Å². The average molecular weight is 196 g/mol. The van der Waals surface area contributed by atoms with Crippen LogP contribution in [0.4, 0.5) is 0 Å². The molecule has 0 N–H and O–H groups in total. The van der Waals surface area contributed by atoms with Crippen molar-refractivity contribution in [3.63, 3.8) is 0 Å². The summed E-state index contributed by atoms with van der Waals surface area (Å²) < 4.78 is 15.6. The quantitative estimate of drug-likeness (QED) is 0.722. The Balaban J connectivity index is 2.79. The van der Waals surface area contributed by atoms with Gasteiger partial charge in [-0.25, -0.2) is 0 Å². The van der Waals surface area contributed by atoms with E-state index in [1.807, 2.05) is 25.1 Å². The molecule has 3 nitrogen and oxygen atoms in total. The highest BCUT2D eigenvalue weighted by Gasteiger charge is 2.03. The van der Waals surface area contributed by atoms with Crippen LogP contribution in [0.3, 0.4) is 0 Å². The van der Waals surface area contributed by atoms with Gasteiger partial charge in [0.1, 0.15) is 0 Å². The summed E-state index contributed by atoms with van der Waals surface area (Å²) in [6.07, 6.45) is 0. The fourth-order valence-corrected chi connectivity index (χ4v) is 1.19. The maximum atomic E-state index is 5.30. The number of methoxy groups -OCH3 is 2. The Morgan fingerprint density at radius 2 is 1.79 bits per heavy atom. The summed E-state index contributed by atoms with van der Waals surface area (Å²) in [5.41, 5.74) is 1.09. The fraction of sp³-hybridized carbons (Fsp3) is 0.455. The predicted octanol–water partition coefficient (Wildman–Crippen LogP) is 2.24. The Morgan fingerprint density at radius 1 is 1.07 bits per heavy atom. The SMILES string of the molecule is CCOCc1ccc(OC)c(OC)c1. The van der Waals surface area contributed by atoms with Gasteiger partial charge in [0.05, 0.1) is 20.8 Å². The Labute approximate surface area is 84.6 Å². The molecule has 78 valence electrons. The summed E-state index contributed by atoms with van der Waals surface area (Å²) in [4.78, 5) is 0. The van der Waals surface area contributed by atoms with Crippen molar-refractivity contribution in [2.24, 2.45) is 0 Å². The highest BCUT2D eigenvalue weighted by molar-refractivity contribution is 5.42. The number of ether oxygens (including phenoxy) is 3. The van der Waals surface area contributed by atoms with Crippen molar-refractivity contribution in [1.29, 1.82) is 0 Å². The first-order valence-electron chi connectivity index (χ1n) is 4.60. The number of rotatable bonds is 5. The molecular formula is C11H16O3. The second kappa shape index (κ2) is 5.50. The van der Waals surface area contributed by atoms with Crippen molar-refractivity contribution >= 4 is 0 Å². The summed E-state index contributed by atoms with van der Waals surface area (Å²) in [6.45, 7) is 3.30. The van der Waals surface area contributed by atoms with Gasteiger partial charge in [-0.2, -0.15) is 0 Å². The standard InChI is InChI=1S/C11H16O3/c1-4-14-8-9-5-6-10(12-2)11(7-9)13-3/h5-7H,4,8H2,1-3H3. The highest BCUT2D eigenvalue weighted by Crippen LogP contribution is 2.27. The molecule has 0 unspecified atom stereocenters. The van der Waals surface area contributed by atoms with Crippen LogP contribution in [0.1, 0.15) is 12.5 Å². The molecule has 0 aromatic heterocycles. The van der Waals surface area contributed by atoms with Gasteiger partial charge in [-0.05, 0) is 24.6 Å². The van der Waals surface area contributed by atoms with Gasteiger partial charge >= 0.3 is 0 Å². The van der Waals surface area contributed by atoms with Crippen LogP contribution in [-0.2, 0) is 11.3 Å². The van der Waals surface area contributed by atoms with Gasteiger partial charge < -0.3 is 14.2 Å². The van der Waals surface area contributed by atoms with Gasteiger partial charge in [0.15, 0.2) is 11.5 Å². The molecule has 0 saturated carbocycles. The minimum atomic E-state index is 0.608. The number of hydrogen-bond acceptors (Lipinski definition) is 3. The zero-order valence-corrected chi connectivity index (χ0v) is 8.87. The molecule has 0 aliphatic rings. The average Bonchev–Trinajstić information content (AvgIpc) is 2.25. The molecule has 0 atom stereocenters. The Bertz CT molecular complexity index is 284. The van der Waals surface area contributed by atoms with E-state index < -0.39 is 0 Å².